The molecule has 22 nitrogen and oxygen atoms in total. The third-order valence-electron chi connectivity index (χ3n) is 16.8. The van der Waals surface area contributed by atoms with Gasteiger partial charge in [-0.05, 0) is 135 Å². The van der Waals surface area contributed by atoms with E-state index in [-0.39, 0.29) is 82.6 Å². The second-order valence-electron chi connectivity index (χ2n) is 23.3. The molecule has 0 saturated heterocycles. The van der Waals surface area contributed by atoms with Crippen LogP contribution in [0, 0.1) is 23.3 Å². The Bertz CT molecular complexity index is 4670. The maximum absolute atomic E-state index is 15.6. The Kier molecular flexibility index (Phi) is 19.6. The summed E-state index contributed by atoms with van der Waals surface area (Å²) < 4.78 is 87.9. The number of carboxylic acid groups (broad SMARTS) is 2. The Morgan fingerprint density at radius 3 is 1.26 bits per heavy atom. The van der Waals surface area contributed by atoms with E-state index in [1.54, 1.807) is 96.4 Å². The van der Waals surface area contributed by atoms with Crippen molar-refractivity contribution in [2.75, 3.05) is 27.4 Å². The lowest BCUT2D eigenvalue weighted by molar-refractivity contribution is 0.0686. The molecule has 0 bridgehead atoms. The molecule has 0 spiro atoms. The summed E-state index contributed by atoms with van der Waals surface area (Å²) in [4.78, 5) is 53.0. The molecule has 0 radical (unpaired) electrons. The van der Waals surface area contributed by atoms with Gasteiger partial charge in [0.25, 0.3) is 0 Å². The molecule has 8 aromatic heterocycles. The number of benzene rings is 4. The summed E-state index contributed by atoms with van der Waals surface area (Å²) in [6.07, 6.45) is 11.1. The molecule has 500 valence electrons. The minimum Gasteiger partial charge on any atom is -0.478 e. The molecule has 2 aliphatic carbocycles. The molecule has 0 saturated carbocycles. The molecular weight excluding hydrogens is 1310 g/mol. The average Bonchev–Trinajstić information content (AvgIpc) is 1.68. The number of carbonyl (C=O) groups is 2. The number of nitrogens with zero attached hydrogens (tertiary/aromatic N) is 14. The van der Waals surface area contributed by atoms with Gasteiger partial charge in [-0.1, -0.05) is 35.3 Å². The Hall–Kier alpha value is -10.5. The van der Waals surface area contributed by atoms with Gasteiger partial charge in [0, 0.05) is 99.1 Å². The SMILES string of the molecule is COCCn1c(Cc2cc(F)c(-c3cccc(OCc4cnc(-n5nc6c(n5)CCCC6)cc4Cl)n3)cc2F)nc2ccc(C(=O)O)cc21.COCCn1c(Cc2cc(F)c(-c3cccc(OCc4cnc(-n5nc6c(n5)CCCC6)cc4Cl)n3)cc2F)nc2ccc(C(=O)O)cc21. The predicted molar refractivity (Wildman–Crippen MR) is 352 cm³/mol. The van der Waals surface area contributed by atoms with Crippen LogP contribution in [0.1, 0.15) is 103 Å². The van der Waals surface area contributed by atoms with E-state index in [4.69, 9.17) is 42.1 Å². The molecule has 0 unspecified atom stereocenters. The van der Waals surface area contributed by atoms with Crippen molar-refractivity contribution in [3.8, 4) is 45.9 Å². The van der Waals surface area contributed by atoms with E-state index < -0.39 is 35.2 Å². The van der Waals surface area contributed by atoms with E-state index in [1.165, 1.54) is 33.9 Å². The van der Waals surface area contributed by atoms with Gasteiger partial charge in [-0.2, -0.15) is 20.4 Å². The number of pyridine rings is 4. The van der Waals surface area contributed by atoms with Gasteiger partial charge in [0.05, 0.1) is 90.6 Å². The van der Waals surface area contributed by atoms with E-state index >= 15 is 17.6 Å². The van der Waals surface area contributed by atoms with Crippen LogP contribution in [0.15, 0.2) is 122 Å². The van der Waals surface area contributed by atoms with E-state index in [9.17, 15) is 19.8 Å². The second kappa shape index (κ2) is 29.0. The quantitative estimate of drug-likeness (QED) is 0.0598. The van der Waals surface area contributed by atoms with Gasteiger partial charge in [0.15, 0.2) is 11.6 Å². The van der Waals surface area contributed by atoms with Crippen LogP contribution >= 0.6 is 23.2 Å². The number of methoxy groups -OCH3 is 2. The van der Waals surface area contributed by atoms with Gasteiger partial charge in [-0.25, -0.2) is 57.1 Å². The van der Waals surface area contributed by atoms with Crippen LogP contribution in [0.2, 0.25) is 10.0 Å². The Morgan fingerprint density at radius 2 is 0.888 bits per heavy atom. The number of carboxylic acids is 2. The molecule has 2 aliphatic rings. The molecule has 4 aromatic carbocycles. The third-order valence-corrected chi connectivity index (χ3v) is 17.5. The second-order valence-corrected chi connectivity index (χ2v) is 24.1. The van der Waals surface area contributed by atoms with Crippen molar-refractivity contribution in [3.63, 3.8) is 0 Å². The summed E-state index contributed by atoms with van der Waals surface area (Å²) in [7, 11) is 3.08. The molecule has 0 amide bonds. The summed E-state index contributed by atoms with van der Waals surface area (Å²) in [5.41, 5.74) is 8.01. The van der Waals surface area contributed by atoms with Crippen molar-refractivity contribution in [1.29, 1.82) is 0 Å². The smallest absolute Gasteiger partial charge is 0.335 e. The summed E-state index contributed by atoms with van der Waals surface area (Å²) in [5, 5.41) is 37.9. The van der Waals surface area contributed by atoms with Crippen LogP contribution in [0.4, 0.5) is 17.6 Å². The zero-order valence-corrected chi connectivity index (χ0v) is 54.2. The number of hydrogen-bond donors (Lipinski definition) is 2. The van der Waals surface area contributed by atoms with Gasteiger partial charge in [0.1, 0.15) is 48.1 Å². The lowest BCUT2D eigenvalue weighted by atomic mass is 10.0. The Morgan fingerprint density at radius 1 is 0.490 bits per heavy atom. The number of imidazole rings is 2. The van der Waals surface area contributed by atoms with Crippen LogP contribution in [0.3, 0.4) is 0 Å². The first kappa shape index (κ1) is 66.1. The predicted octanol–water partition coefficient (Wildman–Crippen LogP) is 12.8. The molecule has 12 aromatic rings. The first-order chi connectivity index (χ1) is 47.5. The molecule has 0 fully saturated rings. The number of rotatable bonds is 22. The number of aromatic nitrogens is 14. The fraction of sp³-hybridized carbons (Fsp3) is 0.257. The summed E-state index contributed by atoms with van der Waals surface area (Å²) in [5.74, 6) is -2.53. The lowest BCUT2D eigenvalue weighted by Gasteiger charge is -2.12. The Labute approximate surface area is 566 Å². The lowest BCUT2D eigenvalue weighted by Crippen LogP contribution is -2.10. The third kappa shape index (κ3) is 14.4. The minimum absolute atomic E-state index is 0.0349. The zero-order chi connectivity index (χ0) is 68.1. The van der Waals surface area contributed by atoms with Crippen LogP contribution in [0.5, 0.6) is 11.8 Å². The summed E-state index contributed by atoms with van der Waals surface area (Å²) in [6, 6.07) is 26.5. The fourth-order valence-electron chi connectivity index (χ4n) is 11.7. The van der Waals surface area contributed by atoms with Gasteiger partial charge >= 0.3 is 11.9 Å². The molecule has 0 aliphatic heterocycles. The van der Waals surface area contributed by atoms with Gasteiger partial charge in [0.2, 0.25) is 11.8 Å². The molecule has 98 heavy (non-hydrogen) atoms. The first-order valence-corrected chi connectivity index (χ1v) is 32.1. The van der Waals surface area contributed by atoms with E-state index in [0.29, 0.717) is 92.8 Å². The maximum atomic E-state index is 15.6. The first-order valence-electron chi connectivity index (χ1n) is 31.3. The highest BCUT2D eigenvalue weighted by Crippen LogP contribution is 2.33. The van der Waals surface area contributed by atoms with Crippen LogP contribution < -0.4 is 9.47 Å². The highest BCUT2D eigenvalue weighted by molar-refractivity contribution is 6.31. The largest absolute Gasteiger partial charge is 0.478 e. The standard InChI is InChI=1S/2C35H30ClF2N7O4/c2*1-48-12-11-44-31-14-20(35(46)47)9-10-30(31)40-33(44)15-21-13-26(38)23(16-25(21)37)27-7-4-8-34(41-27)49-19-22-18-39-32(17-24(22)36)45-42-28-5-2-3-6-29(28)43-45/h2*4,7-10,13-14,16-18H,2-3,5-6,11-12,15,19H2,1H3,(H,46,47). The summed E-state index contributed by atoms with van der Waals surface area (Å²) in [6.45, 7) is 1.40. The summed E-state index contributed by atoms with van der Waals surface area (Å²) >= 11 is 13.1. The number of ether oxygens (including phenoxy) is 4. The van der Waals surface area contributed by atoms with Crippen LogP contribution in [-0.2, 0) is 74.3 Å². The van der Waals surface area contributed by atoms with E-state index in [2.05, 4.69) is 50.3 Å². The van der Waals surface area contributed by atoms with Crippen LogP contribution in [0.25, 0.3) is 56.2 Å². The van der Waals surface area contributed by atoms with Crippen molar-refractivity contribution < 1.29 is 56.3 Å². The van der Waals surface area contributed by atoms with Crippen molar-refractivity contribution >= 4 is 57.2 Å². The topological polar surface area (TPSA) is 260 Å². The highest BCUT2D eigenvalue weighted by Gasteiger charge is 2.24. The minimum atomic E-state index is -1.08. The van der Waals surface area contributed by atoms with Gasteiger partial charge in [-0.15, -0.1) is 9.59 Å². The van der Waals surface area contributed by atoms with E-state index in [0.717, 1.165) is 98.4 Å². The number of aromatic carboxylic acids is 2. The molecule has 28 heteroatoms. The number of aryl methyl sites for hydroxylation is 4. The van der Waals surface area contributed by atoms with Gasteiger partial charge < -0.3 is 38.3 Å². The average molecular weight is 1370 g/mol. The fourth-order valence-corrected chi connectivity index (χ4v) is 12.1. The van der Waals surface area contributed by atoms with Crippen molar-refractivity contribution in [1.82, 2.24) is 69.0 Å². The van der Waals surface area contributed by atoms with E-state index in [1.807, 2.05) is 0 Å². The van der Waals surface area contributed by atoms with Crippen molar-refractivity contribution in [2.24, 2.45) is 0 Å². The number of hydrogen-bond acceptors (Lipinski definition) is 16. The Balaban J connectivity index is 0.000000176. The number of halogens is 6. The highest BCUT2D eigenvalue weighted by atomic mass is 35.5. The van der Waals surface area contributed by atoms with Crippen molar-refractivity contribution in [3.05, 3.63) is 223 Å². The van der Waals surface area contributed by atoms with Crippen LogP contribution in [-0.4, -0.2) is 119 Å². The van der Waals surface area contributed by atoms with Crippen molar-refractivity contribution in [2.45, 2.75) is 90.5 Å². The molecule has 8 heterocycles. The molecule has 2 N–H and O–H groups in total. The van der Waals surface area contributed by atoms with Gasteiger partial charge in [-0.3, -0.25) is 0 Å². The zero-order valence-electron chi connectivity index (χ0n) is 52.7. The molecule has 0 atom stereocenters. The number of fused-ring (bicyclic) bond motifs is 4. The molecule has 14 rings (SSSR count). The monoisotopic (exact) mass is 1370 g/mol. The maximum Gasteiger partial charge on any atom is 0.335 e. The molecular formula is C70H60Cl2F4N14O8. The normalized spacial score (nSPS) is 12.7.